The van der Waals surface area contributed by atoms with E-state index >= 15 is 0 Å². The highest BCUT2D eigenvalue weighted by atomic mass is 79.9. The number of carboxylic acids is 1. The number of aliphatic carboxylic acids is 1. The Kier molecular flexibility index (Phi) is 5.14. The molecule has 1 aromatic carbocycles. The lowest BCUT2D eigenvalue weighted by Gasteiger charge is -2.32. The first-order valence-corrected chi connectivity index (χ1v) is 7.20. The highest BCUT2D eigenvalue weighted by Crippen LogP contribution is 2.18. The molecular weight excluding hydrogens is 326 g/mol. The van der Waals surface area contributed by atoms with Gasteiger partial charge in [0.25, 0.3) is 0 Å². The highest BCUT2D eigenvalue weighted by molar-refractivity contribution is 9.10. The molecule has 1 fully saturated rings. The summed E-state index contributed by atoms with van der Waals surface area (Å²) in [5.74, 6) is -0.911. The third kappa shape index (κ3) is 4.05. The molecule has 6 heteroatoms. The van der Waals surface area contributed by atoms with Gasteiger partial charge in [-0.05, 0) is 11.6 Å². The van der Waals surface area contributed by atoms with E-state index in [1.807, 2.05) is 24.3 Å². The smallest absolute Gasteiger partial charge is 0.306 e. The van der Waals surface area contributed by atoms with E-state index in [4.69, 9.17) is 9.84 Å². The third-order valence-electron chi connectivity index (χ3n) is 3.19. The predicted octanol–water partition coefficient (Wildman–Crippen LogP) is 1.69. The maximum absolute atomic E-state index is 12.3. The van der Waals surface area contributed by atoms with Gasteiger partial charge in [-0.15, -0.1) is 0 Å². The van der Waals surface area contributed by atoms with Crippen LogP contribution in [-0.4, -0.2) is 47.7 Å². The number of nitrogens with zero attached hydrogens (tertiary/aromatic N) is 1. The minimum Gasteiger partial charge on any atom is -0.481 e. The fraction of sp³-hybridized carbons (Fsp3) is 0.429. The van der Waals surface area contributed by atoms with Gasteiger partial charge < -0.3 is 14.7 Å². The topological polar surface area (TPSA) is 66.8 Å². The van der Waals surface area contributed by atoms with Gasteiger partial charge in [-0.1, -0.05) is 34.1 Å². The van der Waals surface area contributed by atoms with Gasteiger partial charge in [-0.2, -0.15) is 0 Å². The molecule has 0 radical (unpaired) electrons. The van der Waals surface area contributed by atoms with E-state index in [-0.39, 0.29) is 12.3 Å². The van der Waals surface area contributed by atoms with Crippen molar-refractivity contribution in [2.45, 2.75) is 18.9 Å². The Balaban J connectivity index is 1.95. The molecule has 1 aliphatic rings. The zero-order valence-electron chi connectivity index (χ0n) is 10.9. The highest BCUT2D eigenvalue weighted by Gasteiger charge is 2.26. The van der Waals surface area contributed by atoms with Crippen molar-refractivity contribution in [1.29, 1.82) is 0 Å². The van der Waals surface area contributed by atoms with Crippen LogP contribution in [0.1, 0.15) is 12.0 Å². The van der Waals surface area contributed by atoms with Gasteiger partial charge in [0.05, 0.1) is 25.6 Å². The molecule has 20 heavy (non-hydrogen) atoms. The van der Waals surface area contributed by atoms with Gasteiger partial charge in [-0.25, -0.2) is 0 Å². The molecule has 2 rings (SSSR count). The Morgan fingerprint density at radius 3 is 2.85 bits per heavy atom. The molecule has 1 saturated heterocycles. The number of benzene rings is 1. The summed E-state index contributed by atoms with van der Waals surface area (Å²) in [4.78, 5) is 24.6. The summed E-state index contributed by atoms with van der Waals surface area (Å²) < 4.78 is 6.27. The molecule has 0 aromatic heterocycles. The molecule has 5 nitrogen and oxygen atoms in total. The molecule has 1 unspecified atom stereocenters. The zero-order chi connectivity index (χ0) is 14.5. The molecule has 0 aliphatic carbocycles. The average molecular weight is 342 g/mol. The van der Waals surface area contributed by atoms with E-state index < -0.39 is 12.1 Å². The van der Waals surface area contributed by atoms with Crippen LogP contribution in [0.4, 0.5) is 0 Å². The van der Waals surface area contributed by atoms with Crippen molar-refractivity contribution in [1.82, 2.24) is 4.90 Å². The van der Waals surface area contributed by atoms with Crippen molar-refractivity contribution < 1.29 is 19.4 Å². The summed E-state index contributed by atoms with van der Waals surface area (Å²) in [5, 5.41) is 8.77. The number of carbonyl (C=O) groups excluding carboxylic acids is 1. The van der Waals surface area contributed by atoms with Crippen molar-refractivity contribution in [3.63, 3.8) is 0 Å². The molecule has 1 aromatic rings. The second-order valence-corrected chi connectivity index (χ2v) is 5.55. The van der Waals surface area contributed by atoms with Crippen LogP contribution in [0, 0.1) is 0 Å². The van der Waals surface area contributed by atoms with Gasteiger partial charge >= 0.3 is 5.97 Å². The number of amides is 1. The van der Waals surface area contributed by atoms with E-state index in [1.165, 1.54) is 0 Å². The molecule has 1 heterocycles. The van der Waals surface area contributed by atoms with Gasteiger partial charge in [-0.3, -0.25) is 9.59 Å². The lowest BCUT2D eigenvalue weighted by molar-refractivity contribution is -0.147. The first kappa shape index (κ1) is 15.0. The minimum absolute atomic E-state index is 0.00408. The van der Waals surface area contributed by atoms with Gasteiger partial charge in [0, 0.05) is 17.6 Å². The molecule has 1 atom stereocenters. The van der Waals surface area contributed by atoms with Crippen molar-refractivity contribution in [2.24, 2.45) is 0 Å². The molecule has 1 N–H and O–H groups in total. The number of hydrogen-bond donors (Lipinski definition) is 1. The lowest BCUT2D eigenvalue weighted by Crippen LogP contribution is -2.46. The third-order valence-corrected chi connectivity index (χ3v) is 3.97. The largest absolute Gasteiger partial charge is 0.481 e. The Labute approximate surface area is 125 Å². The monoisotopic (exact) mass is 341 g/mol. The van der Waals surface area contributed by atoms with Crippen LogP contribution in [0.2, 0.25) is 0 Å². The van der Waals surface area contributed by atoms with Gasteiger partial charge in [0.2, 0.25) is 5.91 Å². The molecule has 0 saturated carbocycles. The summed E-state index contributed by atoms with van der Waals surface area (Å²) >= 11 is 3.42. The standard InChI is InChI=1S/C14H16BrNO4/c15-12-4-2-1-3-10(12)7-13(17)16-5-6-20-11(9-16)8-14(18)19/h1-4,11H,5-9H2,(H,18,19). The molecule has 0 bridgehead atoms. The Morgan fingerprint density at radius 1 is 1.40 bits per heavy atom. The Hall–Kier alpha value is -1.40. The van der Waals surface area contributed by atoms with E-state index in [2.05, 4.69) is 15.9 Å². The summed E-state index contributed by atoms with van der Waals surface area (Å²) in [5.41, 5.74) is 0.929. The number of hydrogen-bond acceptors (Lipinski definition) is 3. The summed E-state index contributed by atoms with van der Waals surface area (Å²) in [7, 11) is 0. The number of halogens is 1. The number of carbonyl (C=O) groups is 2. The van der Waals surface area contributed by atoms with Crippen molar-refractivity contribution in [3.8, 4) is 0 Å². The van der Waals surface area contributed by atoms with Crippen LogP contribution in [0.25, 0.3) is 0 Å². The predicted molar refractivity (Wildman–Crippen MR) is 76.4 cm³/mol. The van der Waals surface area contributed by atoms with Crippen LogP contribution in [0.15, 0.2) is 28.7 Å². The maximum Gasteiger partial charge on any atom is 0.306 e. The van der Waals surface area contributed by atoms with Crippen LogP contribution in [0.3, 0.4) is 0 Å². The number of rotatable bonds is 4. The molecule has 1 amide bonds. The second kappa shape index (κ2) is 6.85. The molecular formula is C14H16BrNO4. The first-order valence-electron chi connectivity index (χ1n) is 6.41. The number of carboxylic acid groups (broad SMARTS) is 1. The van der Waals surface area contributed by atoms with Crippen LogP contribution < -0.4 is 0 Å². The van der Waals surface area contributed by atoms with E-state index in [9.17, 15) is 9.59 Å². The Bertz CT molecular complexity index is 506. The lowest BCUT2D eigenvalue weighted by atomic mass is 10.1. The van der Waals surface area contributed by atoms with Gasteiger partial charge in [0.1, 0.15) is 0 Å². The fourth-order valence-electron chi connectivity index (χ4n) is 2.18. The van der Waals surface area contributed by atoms with Crippen LogP contribution in [-0.2, 0) is 20.7 Å². The summed E-state index contributed by atoms with van der Waals surface area (Å²) in [6.45, 7) is 1.24. The van der Waals surface area contributed by atoms with E-state index in [0.29, 0.717) is 26.1 Å². The molecule has 0 spiro atoms. The van der Waals surface area contributed by atoms with Gasteiger partial charge in [0.15, 0.2) is 0 Å². The second-order valence-electron chi connectivity index (χ2n) is 4.70. The van der Waals surface area contributed by atoms with Crippen LogP contribution in [0.5, 0.6) is 0 Å². The quantitative estimate of drug-likeness (QED) is 0.904. The van der Waals surface area contributed by atoms with Crippen molar-refractivity contribution >= 4 is 27.8 Å². The maximum atomic E-state index is 12.3. The van der Waals surface area contributed by atoms with E-state index in [0.717, 1.165) is 10.0 Å². The summed E-state index contributed by atoms with van der Waals surface area (Å²) in [6.07, 6.45) is -0.176. The SMILES string of the molecule is O=C(O)CC1CN(C(=O)Cc2ccccc2Br)CCO1. The number of morpholine rings is 1. The minimum atomic E-state index is -0.907. The average Bonchev–Trinajstić information content (AvgIpc) is 2.41. The fourth-order valence-corrected chi connectivity index (χ4v) is 2.61. The Morgan fingerprint density at radius 2 is 2.15 bits per heavy atom. The normalized spacial score (nSPS) is 18.9. The zero-order valence-corrected chi connectivity index (χ0v) is 12.5. The molecule has 1 aliphatic heterocycles. The van der Waals surface area contributed by atoms with Crippen molar-refractivity contribution in [2.75, 3.05) is 19.7 Å². The first-order chi connectivity index (χ1) is 9.56. The van der Waals surface area contributed by atoms with E-state index in [1.54, 1.807) is 4.90 Å². The summed E-state index contributed by atoms with van der Waals surface area (Å²) in [6, 6.07) is 7.59. The number of ether oxygens (including phenoxy) is 1. The molecule has 108 valence electrons. The van der Waals surface area contributed by atoms with Crippen molar-refractivity contribution in [3.05, 3.63) is 34.3 Å². The van der Waals surface area contributed by atoms with Crippen LogP contribution >= 0.6 is 15.9 Å².